The lowest BCUT2D eigenvalue weighted by atomic mass is 10.2. The molecule has 9 nitrogen and oxygen atoms in total. The van der Waals surface area contributed by atoms with Crippen LogP contribution < -0.4 is 25.9 Å². The number of rotatable bonds is 6. The number of aryl methyl sites for hydroxylation is 1. The molecule has 0 saturated carbocycles. The van der Waals surface area contributed by atoms with Gasteiger partial charge in [0.15, 0.2) is 0 Å². The molecular formula is C18H20N6O3. The van der Waals surface area contributed by atoms with Crippen LogP contribution in [0.2, 0.25) is 0 Å². The number of urea groups is 1. The molecule has 0 aliphatic carbocycles. The van der Waals surface area contributed by atoms with E-state index in [2.05, 4.69) is 20.7 Å². The van der Waals surface area contributed by atoms with E-state index in [4.69, 9.17) is 10.5 Å². The van der Waals surface area contributed by atoms with Gasteiger partial charge in [-0.1, -0.05) is 24.3 Å². The summed E-state index contributed by atoms with van der Waals surface area (Å²) in [4.78, 5) is 17.0. The number of nitrogens with one attached hydrogen (secondary N) is 2. The summed E-state index contributed by atoms with van der Waals surface area (Å²) >= 11 is 0. The molecule has 0 fully saturated rings. The monoisotopic (exact) mass is 368 g/mol. The Kier molecular flexibility index (Phi) is 5.62. The average molecular weight is 368 g/mol. The van der Waals surface area contributed by atoms with Crippen LogP contribution in [0.5, 0.6) is 5.75 Å². The Labute approximate surface area is 155 Å². The van der Waals surface area contributed by atoms with Crippen LogP contribution >= 0.6 is 0 Å². The zero-order valence-electron chi connectivity index (χ0n) is 14.8. The maximum atomic E-state index is 12.4. The Morgan fingerprint density at radius 1 is 1.22 bits per heavy atom. The average Bonchev–Trinajstić information content (AvgIpc) is 2.64. The van der Waals surface area contributed by atoms with Crippen molar-refractivity contribution in [2.24, 2.45) is 5.73 Å². The molecule has 0 radical (unpaired) electrons. The highest BCUT2D eigenvalue weighted by Crippen LogP contribution is 2.28. The Morgan fingerprint density at radius 3 is 2.85 bits per heavy atom. The first kappa shape index (κ1) is 18.3. The van der Waals surface area contributed by atoms with Crippen molar-refractivity contribution < 1.29 is 14.4 Å². The number of anilines is 2. The van der Waals surface area contributed by atoms with Gasteiger partial charge in [-0.05, 0) is 42.4 Å². The number of amides is 2. The molecule has 4 N–H and O–H groups in total. The molecule has 0 atom stereocenters. The van der Waals surface area contributed by atoms with Crippen LogP contribution in [0.25, 0.3) is 11.0 Å². The summed E-state index contributed by atoms with van der Waals surface area (Å²) in [6, 6.07) is 11.6. The first-order valence-electron chi connectivity index (χ1n) is 8.45. The quantitative estimate of drug-likeness (QED) is 0.346. The molecule has 3 aromatic rings. The highest BCUT2D eigenvalue weighted by atomic mass is 16.5. The number of para-hydroxylation sites is 3. The van der Waals surface area contributed by atoms with Gasteiger partial charge in [0.2, 0.25) is 0 Å². The number of aromatic nitrogens is 3. The van der Waals surface area contributed by atoms with E-state index in [0.717, 1.165) is 5.56 Å². The smallest absolute Gasteiger partial charge is 0.326 e. The minimum absolute atomic E-state index is 0.0969. The molecule has 1 heterocycles. The molecule has 1 aromatic heterocycles. The van der Waals surface area contributed by atoms with Crippen molar-refractivity contribution in [2.75, 3.05) is 23.8 Å². The second kappa shape index (κ2) is 8.28. The number of nitrogens with two attached hydrogens (primary N) is 1. The van der Waals surface area contributed by atoms with Crippen molar-refractivity contribution in [3.8, 4) is 5.75 Å². The van der Waals surface area contributed by atoms with Crippen LogP contribution in [0.4, 0.5) is 16.4 Å². The summed E-state index contributed by atoms with van der Waals surface area (Å²) in [5.41, 5.74) is 7.58. The maximum absolute atomic E-state index is 12.4. The van der Waals surface area contributed by atoms with Gasteiger partial charge < -0.3 is 21.0 Å². The fourth-order valence-corrected chi connectivity index (χ4v) is 2.48. The van der Waals surface area contributed by atoms with E-state index in [9.17, 15) is 10.0 Å². The first-order chi connectivity index (χ1) is 13.1. The Hall–Kier alpha value is -3.46. The van der Waals surface area contributed by atoms with Crippen LogP contribution in [0.15, 0.2) is 42.5 Å². The van der Waals surface area contributed by atoms with Crippen LogP contribution in [0.1, 0.15) is 12.0 Å². The lowest BCUT2D eigenvalue weighted by molar-refractivity contribution is -0.641. The van der Waals surface area contributed by atoms with Crippen molar-refractivity contribution >= 4 is 28.7 Å². The van der Waals surface area contributed by atoms with Gasteiger partial charge in [0.25, 0.3) is 11.5 Å². The third-order valence-electron chi connectivity index (χ3n) is 3.80. The Morgan fingerprint density at radius 2 is 2.04 bits per heavy atom. The standard InChI is InChI=1S/C18H20N6O3/c1-12-6-4-9-15(27-11-5-10-19)16(12)21-18(25)22-17-20-13-7-2-3-8-14(13)24(26)23-17/h2-4,6-9H,5,10-11,19H2,1H3,(H2,20,21,22,23,25). The first-order valence-corrected chi connectivity index (χ1v) is 8.45. The van der Waals surface area contributed by atoms with Crippen LogP contribution in [-0.4, -0.2) is 29.3 Å². The van der Waals surface area contributed by atoms with Crippen LogP contribution in [0.3, 0.4) is 0 Å². The predicted molar refractivity (Wildman–Crippen MR) is 101 cm³/mol. The minimum Gasteiger partial charge on any atom is -0.594 e. The molecule has 0 aliphatic rings. The number of ether oxygens (including phenoxy) is 1. The number of carbonyl (C=O) groups is 1. The van der Waals surface area contributed by atoms with Gasteiger partial charge in [-0.25, -0.2) is 9.78 Å². The molecule has 2 amide bonds. The van der Waals surface area contributed by atoms with Gasteiger partial charge in [0.1, 0.15) is 11.3 Å². The van der Waals surface area contributed by atoms with E-state index < -0.39 is 6.03 Å². The molecule has 0 aliphatic heterocycles. The minimum atomic E-state index is -0.580. The van der Waals surface area contributed by atoms with Gasteiger partial charge in [-0.2, -0.15) is 0 Å². The molecular weight excluding hydrogens is 348 g/mol. The number of hydrogen-bond acceptors (Lipinski definition) is 6. The van der Waals surface area contributed by atoms with Gasteiger partial charge in [-0.3, -0.25) is 5.32 Å². The molecule has 3 rings (SSSR count). The molecule has 9 heteroatoms. The number of nitrogens with zero attached hydrogens (tertiary/aromatic N) is 3. The lowest BCUT2D eigenvalue weighted by Gasteiger charge is -2.14. The number of benzene rings is 2. The summed E-state index contributed by atoms with van der Waals surface area (Å²) in [7, 11) is 0. The lowest BCUT2D eigenvalue weighted by Crippen LogP contribution is -2.35. The van der Waals surface area contributed by atoms with Gasteiger partial charge in [0.05, 0.1) is 17.4 Å². The maximum Gasteiger partial charge on any atom is 0.326 e. The van der Waals surface area contributed by atoms with Crippen molar-refractivity contribution in [2.45, 2.75) is 13.3 Å². The number of carbonyl (C=O) groups excluding carboxylic acids is 1. The van der Waals surface area contributed by atoms with Crippen molar-refractivity contribution in [3.63, 3.8) is 0 Å². The fraction of sp³-hybridized carbons (Fsp3) is 0.222. The molecule has 27 heavy (non-hydrogen) atoms. The third kappa shape index (κ3) is 4.39. The van der Waals surface area contributed by atoms with E-state index in [0.29, 0.717) is 46.9 Å². The highest BCUT2D eigenvalue weighted by Gasteiger charge is 2.15. The Balaban J connectivity index is 1.76. The molecule has 140 valence electrons. The molecule has 2 aromatic carbocycles. The summed E-state index contributed by atoms with van der Waals surface area (Å²) in [6.45, 7) is 2.81. The number of fused-ring (bicyclic) bond motifs is 1. The van der Waals surface area contributed by atoms with Gasteiger partial charge >= 0.3 is 6.03 Å². The predicted octanol–water partition coefficient (Wildman–Crippen LogP) is 1.94. The molecule has 0 spiro atoms. The van der Waals surface area contributed by atoms with Crippen LogP contribution in [-0.2, 0) is 0 Å². The van der Waals surface area contributed by atoms with Crippen LogP contribution in [0, 0.1) is 12.1 Å². The van der Waals surface area contributed by atoms with E-state index >= 15 is 0 Å². The second-order valence-corrected chi connectivity index (χ2v) is 5.81. The van der Waals surface area contributed by atoms with E-state index in [1.54, 1.807) is 30.3 Å². The second-order valence-electron chi connectivity index (χ2n) is 5.81. The largest absolute Gasteiger partial charge is 0.594 e. The fourth-order valence-electron chi connectivity index (χ4n) is 2.48. The molecule has 0 bridgehead atoms. The summed E-state index contributed by atoms with van der Waals surface area (Å²) < 4.78 is 5.68. The van der Waals surface area contributed by atoms with Gasteiger partial charge in [-0.15, -0.1) is 0 Å². The summed E-state index contributed by atoms with van der Waals surface area (Å²) in [5.74, 6) is 0.442. The van der Waals surface area contributed by atoms with Crippen molar-refractivity contribution in [3.05, 3.63) is 53.2 Å². The van der Waals surface area contributed by atoms with E-state index in [-0.39, 0.29) is 5.95 Å². The SMILES string of the molecule is Cc1cccc(OCCCN)c1NC(=O)Nc1nc2ccccc2[n+]([O-])n1. The topological polar surface area (TPSA) is 129 Å². The highest BCUT2D eigenvalue weighted by molar-refractivity contribution is 6.00. The summed E-state index contributed by atoms with van der Waals surface area (Å²) in [5, 5.41) is 20.9. The molecule has 0 unspecified atom stereocenters. The number of hydrogen-bond donors (Lipinski definition) is 3. The zero-order chi connectivity index (χ0) is 19.2. The normalized spacial score (nSPS) is 10.6. The Bertz CT molecular complexity index is 963. The molecule has 0 saturated heterocycles. The van der Waals surface area contributed by atoms with Gasteiger partial charge in [0, 0.05) is 6.07 Å². The van der Waals surface area contributed by atoms with E-state index in [1.165, 1.54) is 0 Å². The summed E-state index contributed by atoms with van der Waals surface area (Å²) in [6.07, 6.45) is 0.702. The van der Waals surface area contributed by atoms with E-state index in [1.807, 2.05) is 19.1 Å². The zero-order valence-corrected chi connectivity index (χ0v) is 14.8. The van der Waals surface area contributed by atoms with Crippen molar-refractivity contribution in [1.82, 2.24) is 10.1 Å². The third-order valence-corrected chi connectivity index (χ3v) is 3.80. The van der Waals surface area contributed by atoms with Crippen molar-refractivity contribution in [1.29, 1.82) is 0 Å².